The molecule has 0 saturated carbocycles. The van der Waals surface area contributed by atoms with Gasteiger partial charge in [-0.1, -0.05) is 0 Å². The van der Waals surface area contributed by atoms with Gasteiger partial charge in [-0.05, 0) is 43.3 Å². The van der Waals surface area contributed by atoms with Gasteiger partial charge in [0.25, 0.3) is 0 Å². The highest BCUT2D eigenvalue weighted by Crippen LogP contribution is 2.36. The minimum atomic E-state index is -0.276. The molecule has 4 rings (SSSR count). The van der Waals surface area contributed by atoms with Crippen molar-refractivity contribution in [2.24, 2.45) is 0 Å². The van der Waals surface area contributed by atoms with Crippen LogP contribution in [-0.2, 0) is 19.4 Å². The van der Waals surface area contributed by atoms with E-state index in [0.717, 1.165) is 47.7 Å². The average molecular weight is 382 g/mol. The summed E-state index contributed by atoms with van der Waals surface area (Å²) < 4.78 is 29.9. The van der Waals surface area contributed by atoms with E-state index in [0.29, 0.717) is 12.4 Å². The summed E-state index contributed by atoms with van der Waals surface area (Å²) in [5, 5.41) is 3.44. The maximum Gasteiger partial charge on any atom is 0.226 e. The number of hydrogen-bond donors (Lipinski definition) is 1. The molecule has 2 aromatic carbocycles. The minimum absolute atomic E-state index is 0.195. The van der Waals surface area contributed by atoms with Gasteiger partial charge in [-0.3, -0.25) is 0 Å². The standard InChI is InChI=1S/C22H23FN2O3/c1-14-9-16-10-20(26-2)11-17(21(16)28-14)12-24-8-7-19-13-27-22(25-19)15-3-5-18(23)6-4-15/h3-6,10-11,13-14,24H,7-9,12H2,1-2H3. The summed E-state index contributed by atoms with van der Waals surface area (Å²) in [5.41, 5.74) is 3.92. The van der Waals surface area contributed by atoms with E-state index >= 15 is 0 Å². The fourth-order valence-corrected chi connectivity index (χ4v) is 3.41. The van der Waals surface area contributed by atoms with Gasteiger partial charge in [0.05, 0.1) is 12.8 Å². The van der Waals surface area contributed by atoms with Crippen molar-refractivity contribution >= 4 is 0 Å². The lowest BCUT2D eigenvalue weighted by molar-refractivity contribution is 0.252. The number of nitrogens with one attached hydrogen (secondary N) is 1. The Morgan fingerprint density at radius 2 is 2.07 bits per heavy atom. The van der Waals surface area contributed by atoms with Gasteiger partial charge >= 0.3 is 0 Å². The fourth-order valence-electron chi connectivity index (χ4n) is 3.41. The lowest BCUT2D eigenvalue weighted by Crippen LogP contribution is -2.17. The molecule has 1 atom stereocenters. The molecule has 6 heteroatoms. The Morgan fingerprint density at radius 1 is 1.25 bits per heavy atom. The van der Waals surface area contributed by atoms with Crippen LogP contribution >= 0.6 is 0 Å². The number of aromatic nitrogens is 1. The van der Waals surface area contributed by atoms with E-state index in [4.69, 9.17) is 13.9 Å². The number of rotatable bonds is 7. The fraction of sp³-hybridized carbons (Fsp3) is 0.318. The first-order valence-corrected chi connectivity index (χ1v) is 9.40. The molecule has 5 nitrogen and oxygen atoms in total. The van der Waals surface area contributed by atoms with Crippen LogP contribution in [0.15, 0.2) is 47.1 Å². The molecule has 146 valence electrons. The number of oxazole rings is 1. The number of nitrogens with zero attached hydrogens (tertiary/aromatic N) is 1. The zero-order valence-electron chi connectivity index (χ0n) is 16.0. The van der Waals surface area contributed by atoms with Crippen molar-refractivity contribution in [1.82, 2.24) is 10.3 Å². The van der Waals surface area contributed by atoms with Crippen LogP contribution in [0, 0.1) is 5.82 Å². The van der Waals surface area contributed by atoms with Gasteiger partial charge in [0.15, 0.2) is 0 Å². The number of methoxy groups -OCH3 is 1. The highest BCUT2D eigenvalue weighted by molar-refractivity contribution is 5.53. The van der Waals surface area contributed by atoms with Crippen molar-refractivity contribution < 1.29 is 18.3 Å². The largest absolute Gasteiger partial charge is 0.497 e. The SMILES string of the molecule is COc1cc(CNCCc2coc(-c3ccc(F)cc3)n2)c2c(c1)CC(C)O2. The molecule has 2 heterocycles. The van der Waals surface area contributed by atoms with E-state index < -0.39 is 0 Å². The molecular weight excluding hydrogens is 359 g/mol. The predicted octanol–water partition coefficient (Wildman–Crippen LogP) is 4.15. The van der Waals surface area contributed by atoms with Crippen LogP contribution in [0.1, 0.15) is 23.7 Å². The molecule has 0 bridgehead atoms. The van der Waals surface area contributed by atoms with E-state index in [1.54, 1.807) is 25.5 Å². The Hall–Kier alpha value is -2.86. The van der Waals surface area contributed by atoms with Crippen molar-refractivity contribution in [3.63, 3.8) is 0 Å². The summed E-state index contributed by atoms with van der Waals surface area (Å²) in [5.74, 6) is 2.06. The molecule has 0 saturated heterocycles. The maximum absolute atomic E-state index is 13.0. The van der Waals surface area contributed by atoms with Crippen LogP contribution in [0.2, 0.25) is 0 Å². The quantitative estimate of drug-likeness (QED) is 0.622. The summed E-state index contributed by atoms with van der Waals surface area (Å²) in [6.45, 7) is 3.51. The summed E-state index contributed by atoms with van der Waals surface area (Å²) in [7, 11) is 1.68. The molecule has 0 aliphatic carbocycles. The molecule has 1 aliphatic heterocycles. The molecule has 1 unspecified atom stereocenters. The van der Waals surface area contributed by atoms with Crippen molar-refractivity contribution in [3.05, 3.63) is 65.3 Å². The smallest absolute Gasteiger partial charge is 0.226 e. The second-order valence-corrected chi connectivity index (χ2v) is 6.99. The van der Waals surface area contributed by atoms with Crippen LogP contribution in [0.25, 0.3) is 11.5 Å². The molecule has 28 heavy (non-hydrogen) atoms. The van der Waals surface area contributed by atoms with Gasteiger partial charge in [0.2, 0.25) is 5.89 Å². The topological polar surface area (TPSA) is 56.5 Å². The molecule has 3 aromatic rings. The van der Waals surface area contributed by atoms with E-state index in [2.05, 4.69) is 23.3 Å². The zero-order chi connectivity index (χ0) is 19.5. The number of halogens is 1. The molecule has 1 aliphatic rings. The maximum atomic E-state index is 13.0. The van der Waals surface area contributed by atoms with Crippen molar-refractivity contribution in [2.45, 2.75) is 32.4 Å². The van der Waals surface area contributed by atoms with Gasteiger partial charge in [-0.2, -0.15) is 0 Å². The Labute approximate surface area is 163 Å². The number of fused-ring (bicyclic) bond motifs is 1. The van der Waals surface area contributed by atoms with Crippen LogP contribution in [0.3, 0.4) is 0 Å². The van der Waals surface area contributed by atoms with Crippen LogP contribution in [0.5, 0.6) is 11.5 Å². The highest BCUT2D eigenvalue weighted by Gasteiger charge is 2.23. The van der Waals surface area contributed by atoms with Gasteiger partial charge in [0.1, 0.15) is 29.7 Å². The summed E-state index contributed by atoms with van der Waals surface area (Å²) >= 11 is 0. The second-order valence-electron chi connectivity index (χ2n) is 6.99. The Kier molecular flexibility index (Phi) is 5.30. The van der Waals surface area contributed by atoms with Crippen molar-refractivity contribution in [2.75, 3.05) is 13.7 Å². The molecule has 0 fully saturated rings. The third-order valence-electron chi connectivity index (χ3n) is 4.79. The normalized spacial score (nSPS) is 15.3. The van der Waals surface area contributed by atoms with Crippen LogP contribution in [-0.4, -0.2) is 24.7 Å². The third-order valence-corrected chi connectivity index (χ3v) is 4.79. The molecule has 0 amide bonds. The van der Waals surface area contributed by atoms with Crippen molar-refractivity contribution in [1.29, 1.82) is 0 Å². The number of ether oxygens (including phenoxy) is 2. The Morgan fingerprint density at radius 3 is 2.86 bits per heavy atom. The second kappa shape index (κ2) is 8.02. The van der Waals surface area contributed by atoms with Gasteiger partial charge in [0, 0.05) is 42.6 Å². The monoisotopic (exact) mass is 382 g/mol. The highest BCUT2D eigenvalue weighted by atomic mass is 19.1. The first kappa shape index (κ1) is 18.5. The lowest BCUT2D eigenvalue weighted by Gasteiger charge is -2.12. The van der Waals surface area contributed by atoms with E-state index in [-0.39, 0.29) is 11.9 Å². The Bertz CT molecular complexity index is 953. The zero-order valence-corrected chi connectivity index (χ0v) is 16.0. The van der Waals surface area contributed by atoms with Crippen LogP contribution < -0.4 is 14.8 Å². The summed E-state index contributed by atoms with van der Waals surface area (Å²) in [6.07, 6.45) is 3.48. The van der Waals surface area contributed by atoms with Crippen LogP contribution in [0.4, 0.5) is 4.39 Å². The molecule has 0 radical (unpaired) electrons. The van der Waals surface area contributed by atoms with Gasteiger partial charge in [-0.15, -0.1) is 0 Å². The molecule has 0 spiro atoms. The first-order valence-electron chi connectivity index (χ1n) is 9.40. The Balaban J connectivity index is 1.34. The van der Waals surface area contributed by atoms with Gasteiger partial charge in [-0.25, -0.2) is 9.37 Å². The minimum Gasteiger partial charge on any atom is -0.497 e. The average Bonchev–Trinajstić information content (AvgIpc) is 3.31. The van der Waals surface area contributed by atoms with Gasteiger partial charge < -0.3 is 19.2 Å². The van der Waals surface area contributed by atoms with Crippen molar-refractivity contribution in [3.8, 4) is 23.0 Å². The number of hydrogen-bond acceptors (Lipinski definition) is 5. The van der Waals surface area contributed by atoms with E-state index in [1.807, 2.05) is 6.07 Å². The van der Waals surface area contributed by atoms with E-state index in [1.165, 1.54) is 17.7 Å². The summed E-state index contributed by atoms with van der Waals surface area (Å²) in [4.78, 5) is 4.48. The number of benzene rings is 2. The lowest BCUT2D eigenvalue weighted by atomic mass is 10.1. The predicted molar refractivity (Wildman–Crippen MR) is 104 cm³/mol. The first-order chi connectivity index (χ1) is 13.6. The third kappa shape index (κ3) is 4.02. The molecular formula is C22H23FN2O3. The van der Waals surface area contributed by atoms with E-state index in [9.17, 15) is 4.39 Å². The molecule has 1 aromatic heterocycles. The summed E-state index contributed by atoms with van der Waals surface area (Å²) in [6, 6.07) is 10.2. The molecule has 1 N–H and O–H groups in total.